The lowest BCUT2D eigenvalue weighted by molar-refractivity contribution is -0.132. The highest BCUT2D eigenvalue weighted by atomic mass is 16.5. The van der Waals surface area contributed by atoms with Crippen LogP contribution in [0.1, 0.15) is 42.3 Å². The number of ether oxygens (including phenoxy) is 1. The quantitative estimate of drug-likeness (QED) is 0.827. The number of carbonyl (C=O) groups excluding carboxylic acids is 1. The normalized spacial score (nSPS) is 15.4. The predicted molar refractivity (Wildman–Crippen MR) is 100 cm³/mol. The van der Waals surface area contributed by atoms with Gasteiger partial charge in [-0.1, -0.05) is 12.1 Å². The molecule has 0 bridgehead atoms. The Labute approximate surface area is 150 Å². The molecule has 134 valence electrons. The number of aryl methyl sites for hydroxylation is 3. The summed E-state index contributed by atoms with van der Waals surface area (Å²) in [5, 5.41) is 0. The summed E-state index contributed by atoms with van der Waals surface area (Å²) < 4.78 is 7.68. The molecule has 1 fully saturated rings. The van der Waals surface area contributed by atoms with Gasteiger partial charge in [-0.25, -0.2) is 0 Å². The minimum absolute atomic E-state index is 0.266. The topological polar surface area (TPSA) is 34.5 Å². The first-order chi connectivity index (χ1) is 12.1. The maximum Gasteiger partial charge on any atom is 0.222 e. The van der Waals surface area contributed by atoms with Gasteiger partial charge in [-0.15, -0.1) is 0 Å². The standard InChI is InChI=1S/C21H28N2O2/c1-16-7-8-17(2)23(16)19-11-13-22(14-12-19)21(24)10-9-18-5-4-6-20(15-18)25-3/h4-8,15,19H,9-14H2,1-3H3. The maximum absolute atomic E-state index is 12.5. The molecule has 0 saturated carbocycles. The second kappa shape index (κ2) is 7.77. The predicted octanol–water partition coefficient (Wildman–Crippen LogP) is 3.91. The lowest BCUT2D eigenvalue weighted by atomic mass is 10.0. The van der Waals surface area contributed by atoms with E-state index in [1.165, 1.54) is 11.4 Å². The summed E-state index contributed by atoms with van der Waals surface area (Å²) in [5.74, 6) is 1.12. The van der Waals surface area contributed by atoms with Crippen LogP contribution in [-0.4, -0.2) is 35.6 Å². The summed E-state index contributed by atoms with van der Waals surface area (Å²) in [6.07, 6.45) is 3.42. The Bertz CT molecular complexity index is 708. The van der Waals surface area contributed by atoms with Gasteiger partial charge in [0, 0.05) is 36.9 Å². The molecule has 3 rings (SSSR count). The Balaban J connectivity index is 1.51. The number of piperidine rings is 1. The zero-order chi connectivity index (χ0) is 17.8. The van der Waals surface area contributed by atoms with Crippen molar-refractivity contribution < 1.29 is 9.53 Å². The fraction of sp³-hybridized carbons (Fsp3) is 0.476. The van der Waals surface area contributed by atoms with Gasteiger partial charge in [0.15, 0.2) is 0 Å². The summed E-state index contributed by atoms with van der Waals surface area (Å²) in [6, 6.07) is 12.9. The first-order valence-electron chi connectivity index (χ1n) is 9.13. The third-order valence-electron chi connectivity index (χ3n) is 5.27. The molecule has 2 heterocycles. The molecule has 1 amide bonds. The van der Waals surface area contributed by atoms with Gasteiger partial charge < -0.3 is 14.2 Å². The third kappa shape index (κ3) is 4.06. The molecule has 0 atom stereocenters. The molecule has 1 aromatic carbocycles. The fourth-order valence-corrected chi connectivity index (χ4v) is 3.87. The molecule has 1 saturated heterocycles. The third-order valence-corrected chi connectivity index (χ3v) is 5.27. The van der Waals surface area contributed by atoms with Crippen molar-refractivity contribution in [2.45, 2.75) is 45.6 Å². The minimum atomic E-state index is 0.266. The van der Waals surface area contributed by atoms with Gasteiger partial charge in [-0.2, -0.15) is 0 Å². The van der Waals surface area contributed by atoms with Crippen LogP contribution >= 0.6 is 0 Å². The molecular formula is C21H28N2O2. The minimum Gasteiger partial charge on any atom is -0.497 e. The van der Waals surface area contributed by atoms with Crippen molar-refractivity contribution in [2.75, 3.05) is 20.2 Å². The summed E-state index contributed by atoms with van der Waals surface area (Å²) in [4.78, 5) is 14.6. The van der Waals surface area contributed by atoms with E-state index >= 15 is 0 Å². The van der Waals surface area contributed by atoms with Crippen molar-refractivity contribution in [3.05, 3.63) is 53.3 Å². The van der Waals surface area contributed by atoms with Crippen LogP contribution in [0.15, 0.2) is 36.4 Å². The summed E-state index contributed by atoms with van der Waals surface area (Å²) in [7, 11) is 1.67. The molecule has 1 aromatic heterocycles. The highest BCUT2D eigenvalue weighted by Gasteiger charge is 2.24. The van der Waals surface area contributed by atoms with Crippen LogP contribution in [0.5, 0.6) is 5.75 Å². The van der Waals surface area contributed by atoms with Crippen LogP contribution in [0, 0.1) is 13.8 Å². The van der Waals surface area contributed by atoms with Gasteiger partial charge in [0.1, 0.15) is 5.75 Å². The molecule has 1 aliphatic heterocycles. The maximum atomic E-state index is 12.5. The van der Waals surface area contributed by atoms with Gasteiger partial charge >= 0.3 is 0 Å². The first-order valence-corrected chi connectivity index (χ1v) is 9.13. The van der Waals surface area contributed by atoms with Crippen LogP contribution in [0.25, 0.3) is 0 Å². The lowest BCUT2D eigenvalue weighted by Crippen LogP contribution is -2.39. The molecular weight excluding hydrogens is 312 g/mol. The average Bonchev–Trinajstić information content (AvgIpc) is 2.98. The first kappa shape index (κ1) is 17.6. The molecule has 0 N–H and O–H groups in total. The van der Waals surface area contributed by atoms with E-state index in [-0.39, 0.29) is 5.91 Å². The number of amides is 1. The van der Waals surface area contributed by atoms with Crippen molar-refractivity contribution in [3.63, 3.8) is 0 Å². The molecule has 0 radical (unpaired) electrons. The number of carbonyl (C=O) groups is 1. The SMILES string of the molecule is COc1cccc(CCC(=O)N2CCC(n3c(C)ccc3C)CC2)c1. The Hall–Kier alpha value is -2.23. The van der Waals surface area contributed by atoms with Crippen molar-refractivity contribution in [2.24, 2.45) is 0 Å². The fourth-order valence-electron chi connectivity index (χ4n) is 3.87. The molecule has 4 heteroatoms. The van der Waals surface area contributed by atoms with Crippen molar-refractivity contribution in [1.29, 1.82) is 0 Å². The average molecular weight is 340 g/mol. The number of hydrogen-bond acceptors (Lipinski definition) is 2. The van der Waals surface area contributed by atoms with E-state index < -0.39 is 0 Å². The van der Waals surface area contributed by atoms with E-state index in [1.54, 1.807) is 7.11 Å². The highest BCUT2D eigenvalue weighted by molar-refractivity contribution is 5.76. The van der Waals surface area contributed by atoms with Gasteiger partial charge in [0.05, 0.1) is 7.11 Å². The monoisotopic (exact) mass is 340 g/mol. The van der Waals surface area contributed by atoms with E-state index in [2.05, 4.69) is 36.6 Å². The number of likely N-dealkylation sites (tertiary alicyclic amines) is 1. The van der Waals surface area contributed by atoms with Crippen LogP contribution in [-0.2, 0) is 11.2 Å². The second-order valence-corrected chi connectivity index (χ2v) is 6.95. The molecule has 25 heavy (non-hydrogen) atoms. The zero-order valence-electron chi connectivity index (χ0n) is 15.5. The number of methoxy groups -OCH3 is 1. The second-order valence-electron chi connectivity index (χ2n) is 6.95. The molecule has 0 aliphatic carbocycles. The number of aromatic nitrogens is 1. The summed E-state index contributed by atoms with van der Waals surface area (Å²) in [6.45, 7) is 6.05. The molecule has 0 unspecified atom stereocenters. The highest BCUT2D eigenvalue weighted by Crippen LogP contribution is 2.27. The number of nitrogens with zero attached hydrogens (tertiary/aromatic N) is 2. The summed E-state index contributed by atoms with van der Waals surface area (Å²) in [5.41, 5.74) is 3.79. The van der Waals surface area contributed by atoms with Crippen LogP contribution in [0.3, 0.4) is 0 Å². The lowest BCUT2D eigenvalue weighted by Gasteiger charge is -2.34. The molecule has 2 aromatic rings. The van der Waals surface area contributed by atoms with E-state index in [4.69, 9.17) is 4.74 Å². The van der Waals surface area contributed by atoms with E-state index in [0.717, 1.165) is 43.7 Å². The van der Waals surface area contributed by atoms with Crippen LogP contribution in [0.4, 0.5) is 0 Å². The largest absolute Gasteiger partial charge is 0.497 e. The van der Waals surface area contributed by atoms with Crippen molar-refractivity contribution in [3.8, 4) is 5.75 Å². The Morgan fingerprint density at radius 2 is 1.80 bits per heavy atom. The van der Waals surface area contributed by atoms with Gasteiger partial charge in [-0.05, 0) is 62.9 Å². The van der Waals surface area contributed by atoms with Crippen molar-refractivity contribution in [1.82, 2.24) is 9.47 Å². The van der Waals surface area contributed by atoms with Gasteiger partial charge in [-0.3, -0.25) is 4.79 Å². The number of rotatable bonds is 5. The van der Waals surface area contributed by atoms with E-state index in [9.17, 15) is 4.79 Å². The number of benzene rings is 1. The molecule has 4 nitrogen and oxygen atoms in total. The summed E-state index contributed by atoms with van der Waals surface area (Å²) >= 11 is 0. The van der Waals surface area contributed by atoms with E-state index in [0.29, 0.717) is 12.5 Å². The van der Waals surface area contributed by atoms with E-state index in [1.807, 2.05) is 23.1 Å². The molecule has 1 aliphatic rings. The van der Waals surface area contributed by atoms with Crippen LogP contribution < -0.4 is 4.74 Å². The smallest absolute Gasteiger partial charge is 0.222 e. The molecule has 0 spiro atoms. The van der Waals surface area contributed by atoms with Gasteiger partial charge in [0.2, 0.25) is 5.91 Å². The Morgan fingerprint density at radius 3 is 2.44 bits per heavy atom. The van der Waals surface area contributed by atoms with Crippen molar-refractivity contribution >= 4 is 5.91 Å². The Morgan fingerprint density at radius 1 is 1.12 bits per heavy atom. The number of hydrogen-bond donors (Lipinski definition) is 0. The van der Waals surface area contributed by atoms with Gasteiger partial charge in [0.25, 0.3) is 0 Å². The Kier molecular flexibility index (Phi) is 5.47. The van der Waals surface area contributed by atoms with Crippen LogP contribution in [0.2, 0.25) is 0 Å². The zero-order valence-corrected chi connectivity index (χ0v) is 15.5.